The van der Waals surface area contributed by atoms with Gasteiger partial charge in [-0.25, -0.2) is 4.98 Å². The van der Waals surface area contributed by atoms with Crippen LogP contribution < -0.4 is 5.32 Å². The number of thiazole rings is 1. The molecule has 6 nitrogen and oxygen atoms in total. The maximum absolute atomic E-state index is 12.8. The summed E-state index contributed by atoms with van der Waals surface area (Å²) in [5.41, 5.74) is 2.96. The predicted molar refractivity (Wildman–Crippen MR) is 99.9 cm³/mol. The molecule has 0 fully saturated rings. The van der Waals surface area contributed by atoms with E-state index in [0.717, 1.165) is 4.96 Å². The number of carbonyl (C=O) groups excluding carboxylic acids is 2. The first kappa shape index (κ1) is 16.2. The molecule has 0 bridgehead atoms. The molecular weight excluding hydrogens is 348 g/mol. The fourth-order valence-electron chi connectivity index (χ4n) is 2.72. The van der Waals surface area contributed by atoms with Crippen molar-refractivity contribution in [2.75, 3.05) is 5.32 Å². The van der Waals surface area contributed by atoms with Crippen LogP contribution in [0.5, 0.6) is 0 Å². The topological polar surface area (TPSA) is 76.4 Å². The number of anilines is 1. The van der Waals surface area contributed by atoms with E-state index < -0.39 is 0 Å². The highest BCUT2D eigenvalue weighted by Gasteiger charge is 2.19. The summed E-state index contributed by atoms with van der Waals surface area (Å²) < 4.78 is 1.81. The van der Waals surface area contributed by atoms with Crippen LogP contribution in [0.2, 0.25) is 0 Å². The van der Waals surface area contributed by atoms with Gasteiger partial charge in [-0.3, -0.25) is 19.0 Å². The molecule has 3 aromatic heterocycles. The lowest BCUT2D eigenvalue weighted by Crippen LogP contribution is -2.12. The summed E-state index contributed by atoms with van der Waals surface area (Å²) in [5.74, 6) is -0.321. The number of nitrogens with one attached hydrogen (secondary N) is 1. The lowest BCUT2D eigenvalue weighted by molar-refractivity contribution is 0.102. The van der Waals surface area contributed by atoms with E-state index >= 15 is 0 Å². The van der Waals surface area contributed by atoms with Gasteiger partial charge in [-0.2, -0.15) is 0 Å². The van der Waals surface area contributed by atoms with Crippen molar-refractivity contribution in [3.8, 4) is 0 Å². The Balaban J connectivity index is 1.56. The van der Waals surface area contributed by atoms with Crippen molar-refractivity contribution in [3.63, 3.8) is 0 Å². The first-order valence-corrected chi connectivity index (χ1v) is 8.80. The van der Waals surface area contributed by atoms with E-state index in [2.05, 4.69) is 15.3 Å². The Morgan fingerprint density at radius 3 is 2.50 bits per heavy atom. The second-order valence-electron chi connectivity index (χ2n) is 5.70. The van der Waals surface area contributed by atoms with Crippen LogP contribution in [-0.4, -0.2) is 26.1 Å². The quantitative estimate of drug-likeness (QED) is 0.563. The van der Waals surface area contributed by atoms with Gasteiger partial charge in [0.25, 0.3) is 5.91 Å². The molecule has 3 heterocycles. The molecule has 0 radical (unpaired) electrons. The maximum Gasteiger partial charge on any atom is 0.255 e. The summed E-state index contributed by atoms with van der Waals surface area (Å²) in [6.45, 7) is 1.83. The molecule has 4 rings (SSSR count). The zero-order valence-corrected chi connectivity index (χ0v) is 14.7. The zero-order chi connectivity index (χ0) is 18.1. The highest BCUT2D eigenvalue weighted by molar-refractivity contribution is 7.15. The highest BCUT2D eigenvalue weighted by atomic mass is 32.1. The number of nitrogens with zero attached hydrogens (tertiary/aromatic N) is 3. The number of aromatic nitrogens is 3. The van der Waals surface area contributed by atoms with Gasteiger partial charge in [-0.15, -0.1) is 11.3 Å². The van der Waals surface area contributed by atoms with Gasteiger partial charge in [0.1, 0.15) is 5.69 Å². The molecule has 0 saturated carbocycles. The molecule has 1 N–H and O–H groups in total. The van der Waals surface area contributed by atoms with Gasteiger partial charge in [0.05, 0.1) is 5.69 Å². The predicted octanol–water partition coefficient (Wildman–Crippen LogP) is 3.58. The molecule has 0 aliphatic carbocycles. The van der Waals surface area contributed by atoms with Gasteiger partial charge in [-0.05, 0) is 43.3 Å². The summed E-state index contributed by atoms with van der Waals surface area (Å²) >= 11 is 1.49. The first-order valence-electron chi connectivity index (χ1n) is 7.92. The third-order valence-corrected chi connectivity index (χ3v) is 4.76. The Hall–Kier alpha value is -3.32. The van der Waals surface area contributed by atoms with E-state index in [1.165, 1.54) is 11.3 Å². The third-order valence-electron chi connectivity index (χ3n) is 4.00. The Morgan fingerprint density at radius 1 is 1.04 bits per heavy atom. The first-order chi connectivity index (χ1) is 12.6. The van der Waals surface area contributed by atoms with Gasteiger partial charge in [-0.1, -0.05) is 0 Å². The molecule has 0 aliphatic heterocycles. The zero-order valence-electron chi connectivity index (χ0n) is 13.8. The Morgan fingerprint density at radius 2 is 1.77 bits per heavy atom. The monoisotopic (exact) mass is 362 g/mol. The summed E-state index contributed by atoms with van der Waals surface area (Å²) in [4.78, 5) is 34.1. The van der Waals surface area contributed by atoms with Crippen molar-refractivity contribution in [2.45, 2.75) is 6.92 Å². The van der Waals surface area contributed by atoms with Crippen LogP contribution in [0.1, 0.15) is 32.1 Å². The summed E-state index contributed by atoms with van der Waals surface area (Å²) in [5, 5.41) is 4.70. The molecule has 0 saturated heterocycles. The normalized spacial score (nSPS) is 10.8. The second-order valence-corrected chi connectivity index (χ2v) is 6.57. The number of amides is 1. The molecule has 0 unspecified atom stereocenters. The molecule has 1 aromatic carbocycles. The molecular formula is C19H14N4O2S. The minimum Gasteiger partial charge on any atom is -0.322 e. The fraction of sp³-hybridized carbons (Fsp3) is 0.0526. The van der Waals surface area contributed by atoms with Crippen LogP contribution in [0.3, 0.4) is 0 Å². The van der Waals surface area contributed by atoms with Crippen LogP contribution in [0.25, 0.3) is 4.96 Å². The minimum absolute atomic E-state index is 0.0968. The van der Waals surface area contributed by atoms with E-state index in [4.69, 9.17) is 0 Å². The van der Waals surface area contributed by atoms with Gasteiger partial charge in [0.2, 0.25) is 5.78 Å². The SMILES string of the molecule is Cc1nc2sccn2c1C(=O)c1ccc(NC(=O)c2ccncc2)cc1. The number of ketones is 1. The smallest absolute Gasteiger partial charge is 0.255 e. The van der Waals surface area contributed by atoms with Crippen molar-refractivity contribution in [3.05, 3.63) is 82.9 Å². The van der Waals surface area contributed by atoms with Crippen molar-refractivity contribution in [1.29, 1.82) is 0 Å². The van der Waals surface area contributed by atoms with Crippen LogP contribution in [-0.2, 0) is 0 Å². The number of benzene rings is 1. The van der Waals surface area contributed by atoms with Gasteiger partial charge < -0.3 is 5.32 Å². The minimum atomic E-state index is -0.224. The average molecular weight is 362 g/mol. The standard InChI is InChI=1S/C19H14N4O2S/c1-12-16(23-10-11-26-19(23)21-12)17(24)13-2-4-15(5-3-13)22-18(25)14-6-8-20-9-7-14/h2-11H,1H3,(H,22,25). The van der Waals surface area contributed by atoms with E-state index in [1.54, 1.807) is 48.8 Å². The summed E-state index contributed by atoms with van der Waals surface area (Å²) in [6, 6.07) is 10.1. The number of imidazole rings is 1. The molecule has 0 atom stereocenters. The molecule has 7 heteroatoms. The van der Waals surface area contributed by atoms with Crippen LogP contribution in [0.15, 0.2) is 60.4 Å². The van der Waals surface area contributed by atoms with Gasteiger partial charge in [0.15, 0.2) is 4.96 Å². The molecule has 1 amide bonds. The average Bonchev–Trinajstić information content (AvgIpc) is 3.22. The van der Waals surface area contributed by atoms with Crippen molar-refractivity contribution < 1.29 is 9.59 Å². The van der Waals surface area contributed by atoms with E-state index in [-0.39, 0.29) is 11.7 Å². The van der Waals surface area contributed by atoms with Crippen LogP contribution in [0.4, 0.5) is 5.69 Å². The van der Waals surface area contributed by atoms with Gasteiger partial charge >= 0.3 is 0 Å². The lowest BCUT2D eigenvalue weighted by Gasteiger charge is -2.06. The highest BCUT2D eigenvalue weighted by Crippen LogP contribution is 2.21. The number of hydrogen-bond donors (Lipinski definition) is 1. The second kappa shape index (κ2) is 6.53. The van der Waals surface area contributed by atoms with Crippen molar-refractivity contribution >= 4 is 33.7 Å². The van der Waals surface area contributed by atoms with E-state index in [9.17, 15) is 9.59 Å². The van der Waals surface area contributed by atoms with Crippen molar-refractivity contribution in [1.82, 2.24) is 14.4 Å². The maximum atomic E-state index is 12.8. The number of carbonyl (C=O) groups is 2. The van der Waals surface area contributed by atoms with Crippen LogP contribution in [0, 0.1) is 6.92 Å². The Labute approximate surface area is 153 Å². The Kier molecular flexibility index (Phi) is 4.06. The molecule has 26 heavy (non-hydrogen) atoms. The van der Waals surface area contributed by atoms with E-state index in [1.807, 2.05) is 22.9 Å². The van der Waals surface area contributed by atoms with Gasteiger partial charge in [0, 0.05) is 40.8 Å². The van der Waals surface area contributed by atoms with Crippen LogP contribution >= 0.6 is 11.3 Å². The lowest BCUT2D eigenvalue weighted by atomic mass is 10.1. The number of aryl methyl sites for hydroxylation is 1. The van der Waals surface area contributed by atoms with Crippen molar-refractivity contribution in [2.24, 2.45) is 0 Å². The summed E-state index contributed by atoms with van der Waals surface area (Å²) in [6.07, 6.45) is 4.97. The molecule has 0 spiro atoms. The molecule has 4 aromatic rings. The number of fused-ring (bicyclic) bond motifs is 1. The number of pyridine rings is 1. The number of hydrogen-bond acceptors (Lipinski definition) is 5. The van der Waals surface area contributed by atoms with E-state index in [0.29, 0.717) is 28.2 Å². The molecule has 0 aliphatic rings. The fourth-order valence-corrected chi connectivity index (χ4v) is 3.48. The third kappa shape index (κ3) is 2.89. The summed E-state index contributed by atoms with van der Waals surface area (Å²) in [7, 11) is 0. The Bertz CT molecular complexity index is 1100. The molecule has 128 valence electrons. The largest absolute Gasteiger partial charge is 0.322 e. The number of rotatable bonds is 4.